The number of hydrogen-bond acceptors (Lipinski definition) is 3. The summed E-state index contributed by atoms with van der Waals surface area (Å²) >= 11 is 5.89. The van der Waals surface area contributed by atoms with Gasteiger partial charge in [-0.3, -0.25) is 9.59 Å². The number of nitrogens with one attached hydrogen (secondary N) is 2. The van der Waals surface area contributed by atoms with E-state index in [1.807, 2.05) is 0 Å². The van der Waals surface area contributed by atoms with Gasteiger partial charge in [-0.1, -0.05) is 23.7 Å². The van der Waals surface area contributed by atoms with E-state index in [1.165, 1.54) is 24.3 Å². The monoisotopic (exact) mass is 462 g/mol. The Kier molecular flexibility index (Phi) is 7.05. The molecule has 3 aromatic rings. The second-order valence-electron chi connectivity index (χ2n) is 6.86. The molecule has 0 unspecified atom stereocenters. The van der Waals surface area contributed by atoms with Crippen LogP contribution in [-0.4, -0.2) is 18.4 Å². The zero-order chi connectivity index (χ0) is 23.3. The van der Waals surface area contributed by atoms with Gasteiger partial charge in [-0.2, -0.15) is 13.2 Å². The van der Waals surface area contributed by atoms with Crippen molar-refractivity contribution >= 4 is 34.8 Å². The number of aryl methyl sites for hydroxylation is 1. The fraction of sp³-hybridized carbons (Fsp3) is 0.130. The lowest BCUT2D eigenvalue weighted by Gasteiger charge is -2.11. The molecule has 2 N–H and O–H groups in total. The number of benzene rings is 3. The van der Waals surface area contributed by atoms with Crippen molar-refractivity contribution in [3.63, 3.8) is 0 Å². The second-order valence-corrected chi connectivity index (χ2v) is 7.30. The van der Waals surface area contributed by atoms with Crippen molar-refractivity contribution in [1.29, 1.82) is 0 Å². The van der Waals surface area contributed by atoms with Crippen LogP contribution in [0.2, 0.25) is 5.02 Å². The molecule has 0 saturated carbocycles. The van der Waals surface area contributed by atoms with E-state index < -0.39 is 23.6 Å². The van der Waals surface area contributed by atoms with Crippen LogP contribution < -0.4 is 15.4 Å². The van der Waals surface area contributed by atoms with Crippen LogP contribution in [0.15, 0.2) is 66.7 Å². The number of halogens is 4. The van der Waals surface area contributed by atoms with Gasteiger partial charge in [0.2, 0.25) is 0 Å². The van der Waals surface area contributed by atoms with E-state index in [0.29, 0.717) is 16.5 Å². The molecule has 0 aliphatic heterocycles. The average molecular weight is 463 g/mol. The Bertz CT molecular complexity index is 1150. The fourth-order valence-electron chi connectivity index (χ4n) is 2.83. The van der Waals surface area contributed by atoms with E-state index in [-0.39, 0.29) is 17.9 Å². The van der Waals surface area contributed by atoms with Crippen molar-refractivity contribution in [2.45, 2.75) is 13.1 Å². The molecule has 0 heterocycles. The van der Waals surface area contributed by atoms with Crippen LogP contribution >= 0.6 is 11.6 Å². The molecule has 0 fully saturated rings. The summed E-state index contributed by atoms with van der Waals surface area (Å²) < 4.78 is 44.0. The summed E-state index contributed by atoms with van der Waals surface area (Å²) in [6.07, 6.45) is -4.52. The highest BCUT2D eigenvalue weighted by Gasteiger charge is 2.30. The Hall–Kier alpha value is -3.52. The zero-order valence-corrected chi connectivity index (χ0v) is 17.6. The van der Waals surface area contributed by atoms with Crippen molar-refractivity contribution in [1.82, 2.24) is 0 Å². The maximum absolute atomic E-state index is 12.8. The van der Waals surface area contributed by atoms with Gasteiger partial charge in [0.25, 0.3) is 11.8 Å². The Morgan fingerprint density at radius 1 is 0.938 bits per heavy atom. The van der Waals surface area contributed by atoms with Crippen molar-refractivity contribution in [2.24, 2.45) is 0 Å². The summed E-state index contributed by atoms with van der Waals surface area (Å²) in [6, 6.07) is 15.3. The third kappa shape index (κ3) is 6.24. The summed E-state index contributed by atoms with van der Waals surface area (Å²) in [5.74, 6) is -0.554. The first-order valence-electron chi connectivity index (χ1n) is 9.39. The first-order chi connectivity index (χ1) is 15.1. The van der Waals surface area contributed by atoms with E-state index in [2.05, 4.69) is 10.6 Å². The van der Waals surface area contributed by atoms with Gasteiger partial charge >= 0.3 is 6.18 Å². The van der Waals surface area contributed by atoms with Crippen molar-refractivity contribution < 1.29 is 27.5 Å². The van der Waals surface area contributed by atoms with Crippen LogP contribution in [0.3, 0.4) is 0 Å². The fourth-order valence-corrected chi connectivity index (χ4v) is 3.06. The molecular formula is C23H18ClF3N2O3. The predicted molar refractivity (Wildman–Crippen MR) is 116 cm³/mol. The highest BCUT2D eigenvalue weighted by molar-refractivity contribution is 6.30. The molecule has 0 aliphatic carbocycles. The highest BCUT2D eigenvalue weighted by Crippen LogP contribution is 2.30. The second kappa shape index (κ2) is 9.74. The molecule has 0 saturated heterocycles. The number of carbonyl (C=O) groups is 2. The number of rotatable bonds is 6. The summed E-state index contributed by atoms with van der Waals surface area (Å²) in [5.41, 5.74) is 0.412. The molecule has 0 atom stereocenters. The Labute approximate surface area is 187 Å². The van der Waals surface area contributed by atoms with Crippen molar-refractivity contribution in [2.75, 3.05) is 17.2 Å². The van der Waals surface area contributed by atoms with E-state index in [1.54, 1.807) is 37.3 Å². The van der Waals surface area contributed by atoms with Gasteiger partial charge in [0.05, 0.1) is 5.56 Å². The number of alkyl halides is 3. The van der Waals surface area contributed by atoms with Crippen LogP contribution in [-0.2, 0) is 11.0 Å². The lowest BCUT2D eigenvalue weighted by Crippen LogP contribution is -2.21. The molecule has 9 heteroatoms. The van der Waals surface area contributed by atoms with Gasteiger partial charge in [0, 0.05) is 22.0 Å². The molecule has 0 bridgehead atoms. The first kappa shape index (κ1) is 23.1. The quantitative estimate of drug-likeness (QED) is 0.476. The minimum atomic E-state index is -4.52. The molecule has 3 rings (SSSR count). The smallest absolute Gasteiger partial charge is 0.416 e. The van der Waals surface area contributed by atoms with Gasteiger partial charge in [-0.15, -0.1) is 0 Å². The Balaban J connectivity index is 1.62. The largest absolute Gasteiger partial charge is 0.483 e. The molecule has 0 aromatic heterocycles. The molecule has 0 aliphatic rings. The molecule has 3 aromatic carbocycles. The standard InChI is InChI=1S/C23H18ClF3N2O3/c1-14-10-17(24)8-9-20(14)32-13-21(30)28-18-6-2-4-15(11-18)22(31)29-19-7-3-5-16(12-19)23(25,26)27/h2-12H,13H2,1H3,(H,28,30)(H,29,31). The van der Waals surface area contributed by atoms with E-state index in [0.717, 1.165) is 17.7 Å². The number of ether oxygens (including phenoxy) is 1. The SMILES string of the molecule is Cc1cc(Cl)ccc1OCC(=O)Nc1cccc(C(=O)Nc2cccc(C(F)(F)F)c2)c1. The number of carbonyl (C=O) groups excluding carboxylic acids is 2. The van der Waals surface area contributed by atoms with Gasteiger partial charge < -0.3 is 15.4 Å². The Morgan fingerprint density at radius 2 is 1.62 bits per heavy atom. The first-order valence-corrected chi connectivity index (χ1v) is 9.77. The highest BCUT2D eigenvalue weighted by atomic mass is 35.5. The normalized spacial score (nSPS) is 11.0. The number of amides is 2. The molecule has 166 valence electrons. The molecule has 0 radical (unpaired) electrons. The lowest BCUT2D eigenvalue weighted by molar-refractivity contribution is -0.137. The molecular weight excluding hydrogens is 445 g/mol. The molecule has 5 nitrogen and oxygen atoms in total. The van der Waals surface area contributed by atoms with E-state index in [9.17, 15) is 22.8 Å². The van der Waals surface area contributed by atoms with Crippen LogP contribution in [0, 0.1) is 6.92 Å². The van der Waals surface area contributed by atoms with Crippen molar-refractivity contribution in [3.05, 3.63) is 88.4 Å². The van der Waals surface area contributed by atoms with Gasteiger partial charge in [0.15, 0.2) is 6.61 Å². The minimum absolute atomic E-state index is 0.00555. The summed E-state index contributed by atoms with van der Waals surface area (Å²) in [6.45, 7) is 1.54. The number of hydrogen-bond donors (Lipinski definition) is 2. The summed E-state index contributed by atoms with van der Waals surface area (Å²) in [4.78, 5) is 24.6. The zero-order valence-electron chi connectivity index (χ0n) is 16.8. The maximum Gasteiger partial charge on any atom is 0.416 e. The minimum Gasteiger partial charge on any atom is -0.483 e. The van der Waals surface area contributed by atoms with Crippen LogP contribution in [0.5, 0.6) is 5.75 Å². The van der Waals surface area contributed by atoms with Crippen LogP contribution in [0.4, 0.5) is 24.5 Å². The van der Waals surface area contributed by atoms with E-state index in [4.69, 9.17) is 16.3 Å². The van der Waals surface area contributed by atoms with Crippen molar-refractivity contribution in [3.8, 4) is 5.75 Å². The summed E-state index contributed by atoms with van der Waals surface area (Å²) in [5, 5.41) is 5.59. The van der Waals surface area contributed by atoms with Gasteiger partial charge in [-0.25, -0.2) is 0 Å². The maximum atomic E-state index is 12.8. The molecule has 0 spiro atoms. The third-order valence-corrected chi connectivity index (χ3v) is 4.59. The van der Waals surface area contributed by atoms with E-state index >= 15 is 0 Å². The average Bonchev–Trinajstić information content (AvgIpc) is 2.73. The topological polar surface area (TPSA) is 67.4 Å². The van der Waals surface area contributed by atoms with Crippen LogP contribution in [0.1, 0.15) is 21.5 Å². The Morgan fingerprint density at radius 3 is 2.31 bits per heavy atom. The van der Waals surface area contributed by atoms with Crippen LogP contribution in [0.25, 0.3) is 0 Å². The summed E-state index contributed by atoms with van der Waals surface area (Å²) in [7, 11) is 0. The number of anilines is 2. The molecule has 32 heavy (non-hydrogen) atoms. The third-order valence-electron chi connectivity index (χ3n) is 4.35. The predicted octanol–water partition coefficient (Wildman–Crippen LogP) is 5.94. The lowest BCUT2D eigenvalue weighted by atomic mass is 10.1. The van der Waals surface area contributed by atoms with Gasteiger partial charge in [0.1, 0.15) is 5.75 Å². The van der Waals surface area contributed by atoms with Gasteiger partial charge in [-0.05, 0) is 67.1 Å². The molecule has 2 amide bonds.